The van der Waals surface area contributed by atoms with Crippen LogP contribution in [0.25, 0.3) is 0 Å². The Labute approximate surface area is 119 Å². The molecule has 2 rings (SSSR count). The minimum atomic E-state index is 0.301. The standard InChI is InChI=1S/C13H13BrClNS/c1-9(10-3-2-4-11(15)7-10)16-8-12-5-6-13(14)17-12/h2-7,9,16H,8H2,1H3/t9-/m1/s1. The van der Waals surface area contributed by atoms with E-state index in [0.29, 0.717) is 6.04 Å². The molecule has 0 aliphatic rings. The summed E-state index contributed by atoms with van der Waals surface area (Å²) in [5.74, 6) is 0. The highest BCUT2D eigenvalue weighted by atomic mass is 79.9. The van der Waals surface area contributed by atoms with Crippen LogP contribution in [-0.2, 0) is 6.54 Å². The van der Waals surface area contributed by atoms with Crippen molar-refractivity contribution in [3.63, 3.8) is 0 Å². The van der Waals surface area contributed by atoms with Crippen LogP contribution in [0.15, 0.2) is 40.2 Å². The maximum Gasteiger partial charge on any atom is 0.0701 e. The van der Waals surface area contributed by atoms with Crippen molar-refractivity contribution in [3.05, 3.63) is 55.6 Å². The largest absolute Gasteiger partial charge is 0.305 e. The molecule has 0 aliphatic heterocycles. The van der Waals surface area contributed by atoms with Gasteiger partial charge in [-0.25, -0.2) is 0 Å². The van der Waals surface area contributed by atoms with E-state index in [1.807, 2.05) is 18.2 Å². The van der Waals surface area contributed by atoms with Crippen molar-refractivity contribution in [1.29, 1.82) is 0 Å². The molecule has 0 bridgehead atoms. The van der Waals surface area contributed by atoms with Crippen LogP contribution < -0.4 is 5.32 Å². The molecule has 90 valence electrons. The third kappa shape index (κ3) is 3.81. The van der Waals surface area contributed by atoms with Crippen molar-refractivity contribution in [2.45, 2.75) is 19.5 Å². The predicted molar refractivity (Wildman–Crippen MR) is 78.7 cm³/mol. The van der Waals surface area contributed by atoms with Gasteiger partial charge in [-0.05, 0) is 52.7 Å². The van der Waals surface area contributed by atoms with Crippen LogP contribution in [0.2, 0.25) is 5.02 Å². The monoisotopic (exact) mass is 329 g/mol. The van der Waals surface area contributed by atoms with E-state index in [9.17, 15) is 0 Å². The Morgan fingerprint density at radius 2 is 2.18 bits per heavy atom. The Balaban J connectivity index is 1.95. The fourth-order valence-corrected chi connectivity index (χ4v) is 3.23. The topological polar surface area (TPSA) is 12.0 Å². The summed E-state index contributed by atoms with van der Waals surface area (Å²) < 4.78 is 1.17. The molecule has 1 heterocycles. The molecule has 0 fully saturated rings. The van der Waals surface area contributed by atoms with Gasteiger partial charge in [0.05, 0.1) is 3.79 Å². The summed E-state index contributed by atoms with van der Waals surface area (Å²) in [5.41, 5.74) is 1.22. The van der Waals surface area contributed by atoms with Crippen molar-refractivity contribution in [1.82, 2.24) is 5.32 Å². The summed E-state index contributed by atoms with van der Waals surface area (Å²) in [6.07, 6.45) is 0. The number of hydrogen-bond donors (Lipinski definition) is 1. The number of halogens is 2. The highest BCUT2D eigenvalue weighted by Crippen LogP contribution is 2.23. The van der Waals surface area contributed by atoms with Crippen molar-refractivity contribution >= 4 is 38.9 Å². The van der Waals surface area contributed by atoms with E-state index in [0.717, 1.165) is 11.6 Å². The third-order valence-electron chi connectivity index (χ3n) is 2.56. The third-order valence-corrected chi connectivity index (χ3v) is 4.42. The molecular formula is C13H13BrClNS. The van der Waals surface area contributed by atoms with Crippen LogP contribution in [0.5, 0.6) is 0 Å². The van der Waals surface area contributed by atoms with Crippen LogP contribution in [0.1, 0.15) is 23.4 Å². The molecule has 1 atom stereocenters. The zero-order valence-electron chi connectivity index (χ0n) is 9.41. The van der Waals surface area contributed by atoms with Gasteiger partial charge in [-0.2, -0.15) is 0 Å². The SMILES string of the molecule is C[C@@H](NCc1ccc(Br)s1)c1cccc(Cl)c1. The van der Waals surface area contributed by atoms with Crippen molar-refractivity contribution in [2.75, 3.05) is 0 Å². The molecule has 0 amide bonds. The first-order chi connectivity index (χ1) is 8.15. The van der Waals surface area contributed by atoms with Crippen molar-refractivity contribution in [3.8, 4) is 0 Å². The number of thiophene rings is 1. The van der Waals surface area contributed by atoms with Crippen molar-refractivity contribution in [2.24, 2.45) is 0 Å². The van der Waals surface area contributed by atoms with Gasteiger partial charge >= 0.3 is 0 Å². The molecule has 17 heavy (non-hydrogen) atoms. The lowest BCUT2D eigenvalue weighted by Crippen LogP contribution is -2.17. The number of hydrogen-bond acceptors (Lipinski definition) is 2. The molecule has 0 aliphatic carbocycles. The number of nitrogens with one attached hydrogen (secondary N) is 1. The van der Waals surface area contributed by atoms with Gasteiger partial charge in [-0.15, -0.1) is 11.3 Å². The minimum absolute atomic E-state index is 0.301. The van der Waals surface area contributed by atoms with Crippen LogP contribution >= 0.6 is 38.9 Å². The zero-order chi connectivity index (χ0) is 12.3. The lowest BCUT2D eigenvalue weighted by atomic mass is 10.1. The van der Waals surface area contributed by atoms with Gasteiger partial charge in [0.2, 0.25) is 0 Å². The second kappa shape index (κ2) is 6.01. The van der Waals surface area contributed by atoms with Gasteiger partial charge in [0.25, 0.3) is 0 Å². The Morgan fingerprint density at radius 1 is 1.35 bits per heavy atom. The summed E-state index contributed by atoms with van der Waals surface area (Å²) >= 11 is 11.2. The van der Waals surface area contributed by atoms with Gasteiger partial charge < -0.3 is 5.32 Å². The fourth-order valence-electron chi connectivity index (χ4n) is 1.59. The summed E-state index contributed by atoms with van der Waals surface area (Å²) in [4.78, 5) is 1.32. The molecular weight excluding hydrogens is 318 g/mol. The average molecular weight is 331 g/mol. The highest BCUT2D eigenvalue weighted by Gasteiger charge is 2.06. The van der Waals surface area contributed by atoms with E-state index in [1.54, 1.807) is 11.3 Å². The maximum atomic E-state index is 5.98. The Bertz CT molecular complexity index is 498. The lowest BCUT2D eigenvalue weighted by molar-refractivity contribution is 0.579. The van der Waals surface area contributed by atoms with Crippen molar-refractivity contribution < 1.29 is 0 Å². The van der Waals surface area contributed by atoms with Crippen LogP contribution in [0.3, 0.4) is 0 Å². The van der Waals surface area contributed by atoms with Gasteiger partial charge in [-0.3, -0.25) is 0 Å². The molecule has 1 aromatic carbocycles. The van der Waals surface area contributed by atoms with Gasteiger partial charge in [-0.1, -0.05) is 23.7 Å². The van der Waals surface area contributed by atoms with Crippen LogP contribution in [0, 0.1) is 0 Å². The van der Waals surface area contributed by atoms with Gasteiger partial charge in [0, 0.05) is 22.5 Å². The van der Waals surface area contributed by atoms with E-state index in [2.05, 4.69) is 46.4 Å². The molecule has 0 unspecified atom stereocenters. The van der Waals surface area contributed by atoms with Gasteiger partial charge in [0.15, 0.2) is 0 Å². The first-order valence-electron chi connectivity index (χ1n) is 5.38. The fraction of sp³-hybridized carbons (Fsp3) is 0.231. The zero-order valence-corrected chi connectivity index (χ0v) is 12.6. The minimum Gasteiger partial charge on any atom is -0.305 e. The molecule has 4 heteroatoms. The summed E-state index contributed by atoms with van der Waals surface area (Å²) in [5, 5.41) is 4.27. The van der Waals surface area contributed by atoms with Crippen LogP contribution in [-0.4, -0.2) is 0 Å². The summed E-state index contributed by atoms with van der Waals surface area (Å²) in [7, 11) is 0. The predicted octanol–water partition coefficient (Wildman–Crippen LogP) is 5.01. The van der Waals surface area contributed by atoms with Gasteiger partial charge in [0.1, 0.15) is 0 Å². The van der Waals surface area contributed by atoms with E-state index in [4.69, 9.17) is 11.6 Å². The first kappa shape index (κ1) is 13.1. The normalized spacial score (nSPS) is 12.6. The van der Waals surface area contributed by atoms with E-state index < -0.39 is 0 Å². The molecule has 0 radical (unpaired) electrons. The smallest absolute Gasteiger partial charge is 0.0701 e. The Morgan fingerprint density at radius 3 is 2.82 bits per heavy atom. The second-order valence-electron chi connectivity index (χ2n) is 3.86. The Hall–Kier alpha value is -0.350. The molecule has 1 aromatic heterocycles. The molecule has 2 aromatic rings. The quantitative estimate of drug-likeness (QED) is 0.830. The second-order valence-corrected chi connectivity index (χ2v) is 6.85. The molecule has 1 N–H and O–H groups in total. The molecule has 0 spiro atoms. The molecule has 1 nitrogen and oxygen atoms in total. The van der Waals surface area contributed by atoms with E-state index >= 15 is 0 Å². The van der Waals surface area contributed by atoms with E-state index in [-0.39, 0.29) is 0 Å². The maximum absolute atomic E-state index is 5.98. The number of benzene rings is 1. The number of rotatable bonds is 4. The van der Waals surface area contributed by atoms with E-state index in [1.165, 1.54) is 14.2 Å². The first-order valence-corrected chi connectivity index (χ1v) is 7.37. The summed E-state index contributed by atoms with van der Waals surface area (Å²) in [6, 6.07) is 12.5. The summed E-state index contributed by atoms with van der Waals surface area (Å²) in [6.45, 7) is 3.03. The average Bonchev–Trinajstić information content (AvgIpc) is 2.72. The lowest BCUT2D eigenvalue weighted by Gasteiger charge is -2.13. The molecule has 0 saturated heterocycles. The molecule has 0 saturated carbocycles. The van der Waals surface area contributed by atoms with Crippen LogP contribution in [0.4, 0.5) is 0 Å². The Kier molecular flexibility index (Phi) is 4.62. The highest BCUT2D eigenvalue weighted by molar-refractivity contribution is 9.11.